The quantitative estimate of drug-likeness (QED) is 0.677. The highest BCUT2D eigenvalue weighted by atomic mass is 32.2. The minimum Gasteiger partial charge on any atom is -0.375 e. The molecule has 2 aliphatic rings. The topological polar surface area (TPSA) is 77.3 Å². The van der Waals surface area contributed by atoms with Crippen molar-refractivity contribution in [3.63, 3.8) is 0 Å². The van der Waals surface area contributed by atoms with Crippen LogP contribution in [0.2, 0.25) is 0 Å². The molecule has 0 unspecified atom stereocenters. The van der Waals surface area contributed by atoms with Crippen molar-refractivity contribution in [1.82, 2.24) is 19.7 Å². The van der Waals surface area contributed by atoms with Crippen molar-refractivity contribution in [2.45, 2.75) is 37.4 Å². The summed E-state index contributed by atoms with van der Waals surface area (Å²) in [5.74, 6) is 2.71. The summed E-state index contributed by atoms with van der Waals surface area (Å²) >= 11 is 1.64. The fourth-order valence-corrected chi connectivity index (χ4v) is 6.20. The van der Waals surface area contributed by atoms with E-state index < -0.39 is 9.84 Å². The number of ether oxygens (including phenoxy) is 1. The van der Waals surface area contributed by atoms with Gasteiger partial charge in [-0.05, 0) is 12.3 Å². The third kappa shape index (κ3) is 4.96. The summed E-state index contributed by atoms with van der Waals surface area (Å²) in [6.45, 7) is 8.32. The molecule has 0 N–H and O–H groups in total. The molecule has 2 atom stereocenters. The highest BCUT2D eigenvalue weighted by molar-refractivity contribution is 7.99. The van der Waals surface area contributed by atoms with Crippen LogP contribution in [0.25, 0.3) is 0 Å². The lowest BCUT2D eigenvalue weighted by Gasteiger charge is -2.33. The monoisotopic (exact) mass is 388 g/mol. The van der Waals surface area contributed by atoms with E-state index in [0.717, 1.165) is 43.0 Å². The van der Waals surface area contributed by atoms with E-state index in [2.05, 4.69) is 28.9 Å². The van der Waals surface area contributed by atoms with Crippen LogP contribution in [0.15, 0.2) is 5.16 Å². The zero-order valence-corrected chi connectivity index (χ0v) is 16.9. The summed E-state index contributed by atoms with van der Waals surface area (Å²) in [4.78, 5) is 2.46. The van der Waals surface area contributed by atoms with Crippen molar-refractivity contribution in [1.29, 1.82) is 0 Å². The molecule has 0 saturated carbocycles. The lowest BCUT2D eigenvalue weighted by Crippen LogP contribution is -2.44. The van der Waals surface area contributed by atoms with Gasteiger partial charge < -0.3 is 9.30 Å². The van der Waals surface area contributed by atoms with Crippen LogP contribution in [0.1, 0.15) is 32.0 Å². The van der Waals surface area contributed by atoms with Gasteiger partial charge in [0.05, 0.1) is 24.2 Å². The smallest absolute Gasteiger partial charge is 0.191 e. The maximum absolute atomic E-state index is 11.7. The van der Waals surface area contributed by atoms with Gasteiger partial charge in [0.15, 0.2) is 15.0 Å². The van der Waals surface area contributed by atoms with Crippen molar-refractivity contribution in [2.24, 2.45) is 13.0 Å². The Morgan fingerprint density at radius 3 is 2.84 bits per heavy atom. The number of rotatable bonds is 6. The maximum Gasteiger partial charge on any atom is 0.191 e. The van der Waals surface area contributed by atoms with E-state index in [4.69, 9.17) is 4.74 Å². The van der Waals surface area contributed by atoms with Crippen LogP contribution >= 0.6 is 11.8 Å². The number of aromatic nitrogens is 3. The van der Waals surface area contributed by atoms with Gasteiger partial charge in [0.25, 0.3) is 0 Å². The fourth-order valence-electron chi connectivity index (χ4n) is 3.54. The average Bonchev–Trinajstić information content (AvgIpc) is 3.07. The lowest BCUT2D eigenvalue weighted by atomic mass is 10.1. The van der Waals surface area contributed by atoms with Crippen molar-refractivity contribution < 1.29 is 13.2 Å². The van der Waals surface area contributed by atoms with Crippen molar-refractivity contribution in [3.05, 3.63) is 5.82 Å². The Morgan fingerprint density at radius 1 is 1.36 bits per heavy atom. The van der Waals surface area contributed by atoms with Gasteiger partial charge in [-0.15, -0.1) is 10.2 Å². The molecule has 1 aromatic heterocycles. The first kappa shape index (κ1) is 19.1. The Balaban J connectivity index is 1.55. The predicted octanol–water partition coefficient (Wildman–Crippen LogP) is 1.17. The highest BCUT2D eigenvalue weighted by Gasteiger charge is 2.32. The third-order valence-electron chi connectivity index (χ3n) is 4.71. The maximum atomic E-state index is 11.7. The first-order valence-electron chi connectivity index (χ1n) is 8.90. The largest absolute Gasteiger partial charge is 0.375 e. The number of thioether (sulfide) groups is 1. The SMILES string of the molecule is CC(C)CN1CCO[C@@H](CSc2nnc([C@@H]3CCS(=O)(=O)C3)n2C)C1. The normalized spacial score (nSPS) is 27.2. The van der Waals surface area contributed by atoms with Crippen LogP contribution in [-0.2, 0) is 21.6 Å². The van der Waals surface area contributed by atoms with E-state index in [1.165, 1.54) is 0 Å². The van der Waals surface area contributed by atoms with Gasteiger partial charge in [0, 0.05) is 38.4 Å². The molecule has 3 rings (SSSR count). The Labute approximate surface area is 154 Å². The molecule has 0 aromatic carbocycles. The molecule has 3 heterocycles. The van der Waals surface area contributed by atoms with E-state index in [-0.39, 0.29) is 23.5 Å². The zero-order valence-electron chi connectivity index (χ0n) is 15.2. The minimum atomic E-state index is -2.91. The van der Waals surface area contributed by atoms with Gasteiger partial charge in [0.1, 0.15) is 5.82 Å². The van der Waals surface area contributed by atoms with Gasteiger partial charge in [-0.1, -0.05) is 25.6 Å². The van der Waals surface area contributed by atoms with Crippen molar-refractivity contribution in [3.8, 4) is 0 Å². The lowest BCUT2D eigenvalue weighted by molar-refractivity contribution is -0.0191. The Morgan fingerprint density at radius 2 is 2.16 bits per heavy atom. The molecular formula is C16H28N4O3S2. The number of morpholine rings is 1. The van der Waals surface area contributed by atoms with Crippen LogP contribution in [0.3, 0.4) is 0 Å². The highest BCUT2D eigenvalue weighted by Crippen LogP contribution is 2.29. The number of nitrogens with zero attached hydrogens (tertiary/aromatic N) is 4. The molecule has 142 valence electrons. The molecule has 2 fully saturated rings. The van der Waals surface area contributed by atoms with Crippen LogP contribution < -0.4 is 0 Å². The van der Waals surface area contributed by atoms with E-state index in [9.17, 15) is 8.42 Å². The second kappa shape index (κ2) is 7.94. The Hall–Kier alpha value is -0.640. The third-order valence-corrected chi connectivity index (χ3v) is 7.63. The van der Waals surface area contributed by atoms with E-state index in [0.29, 0.717) is 12.3 Å². The standard InChI is InChI=1S/C16H28N4O3S2/c1-12(2)8-20-5-6-23-14(9-20)10-24-16-18-17-15(19(16)3)13-4-7-25(21,22)11-13/h12-14H,4-11H2,1-3H3/t13-,14-/m1/s1. The first-order valence-corrected chi connectivity index (χ1v) is 11.7. The van der Waals surface area contributed by atoms with Gasteiger partial charge in [-0.3, -0.25) is 4.90 Å². The minimum absolute atomic E-state index is 0.0238. The molecule has 9 heteroatoms. The van der Waals surface area contributed by atoms with E-state index in [1.807, 2.05) is 11.6 Å². The second-order valence-corrected chi connectivity index (χ2v) is 10.7. The van der Waals surface area contributed by atoms with Crippen LogP contribution in [0.5, 0.6) is 0 Å². The molecule has 0 aliphatic carbocycles. The first-order chi connectivity index (χ1) is 11.8. The average molecular weight is 389 g/mol. The number of hydrogen-bond acceptors (Lipinski definition) is 7. The van der Waals surface area contributed by atoms with Gasteiger partial charge in [-0.25, -0.2) is 8.42 Å². The summed E-state index contributed by atoms with van der Waals surface area (Å²) in [5.41, 5.74) is 0. The molecule has 1 aromatic rings. The zero-order chi connectivity index (χ0) is 18.0. The second-order valence-electron chi connectivity index (χ2n) is 7.46. The summed E-state index contributed by atoms with van der Waals surface area (Å²) in [6.07, 6.45) is 0.846. The molecule has 25 heavy (non-hydrogen) atoms. The molecule has 0 bridgehead atoms. The molecule has 0 spiro atoms. The predicted molar refractivity (Wildman–Crippen MR) is 98.8 cm³/mol. The molecule has 2 saturated heterocycles. The fraction of sp³-hybridized carbons (Fsp3) is 0.875. The molecule has 2 aliphatic heterocycles. The Bertz CT molecular complexity index is 690. The van der Waals surface area contributed by atoms with Crippen LogP contribution in [-0.4, -0.2) is 77.7 Å². The summed E-state index contributed by atoms with van der Waals surface area (Å²) in [5, 5.41) is 9.37. The Kier molecular flexibility index (Phi) is 6.07. The van der Waals surface area contributed by atoms with Crippen LogP contribution in [0, 0.1) is 5.92 Å². The van der Waals surface area contributed by atoms with Crippen LogP contribution in [0.4, 0.5) is 0 Å². The van der Waals surface area contributed by atoms with Gasteiger partial charge in [0.2, 0.25) is 0 Å². The van der Waals surface area contributed by atoms with Crippen molar-refractivity contribution >= 4 is 21.6 Å². The molecule has 7 nitrogen and oxygen atoms in total. The molecule has 0 radical (unpaired) electrons. The van der Waals surface area contributed by atoms with Gasteiger partial charge in [-0.2, -0.15) is 0 Å². The number of sulfone groups is 1. The summed E-state index contributed by atoms with van der Waals surface area (Å²) in [7, 11) is -0.984. The van der Waals surface area contributed by atoms with E-state index >= 15 is 0 Å². The molecular weight excluding hydrogens is 360 g/mol. The number of hydrogen-bond donors (Lipinski definition) is 0. The van der Waals surface area contributed by atoms with Crippen molar-refractivity contribution in [2.75, 3.05) is 43.5 Å². The summed E-state index contributed by atoms with van der Waals surface area (Å²) < 4.78 is 31.2. The molecule has 0 amide bonds. The van der Waals surface area contributed by atoms with E-state index in [1.54, 1.807) is 11.8 Å². The summed E-state index contributed by atoms with van der Waals surface area (Å²) in [6, 6.07) is 0. The van der Waals surface area contributed by atoms with Gasteiger partial charge >= 0.3 is 0 Å².